The van der Waals surface area contributed by atoms with E-state index in [-0.39, 0.29) is 0 Å². The van der Waals surface area contributed by atoms with Crippen LogP contribution in [-0.2, 0) is 11.4 Å². The lowest BCUT2D eigenvalue weighted by Gasteiger charge is -2.21. The molecule has 0 atom stereocenters. The molecule has 2 aromatic rings. The fraction of sp³-hybridized carbons (Fsp3) is 0.222. The largest absolute Gasteiger partial charge is 0.497 e. The van der Waals surface area contributed by atoms with Gasteiger partial charge < -0.3 is 14.3 Å². The maximum Gasteiger partial charge on any atom is 0.195 e. The van der Waals surface area contributed by atoms with E-state index in [1.807, 2.05) is 49.5 Å². The van der Waals surface area contributed by atoms with Crippen molar-refractivity contribution in [2.45, 2.75) is 6.61 Å². The summed E-state index contributed by atoms with van der Waals surface area (Å²) in [5.41, 5.74) is 2.97. The fourth-order valence-electron chi connectivity index (χ4n) is 2.42. The van der Waals surface area contributed by atoms with Crippen molar-refractivity contribution in [2.75, 3.05) is 21.3 Å². The van der Waals surface area contributed by atoms with Crippen LogP contribution in [-0.4, -0.2) is 38.3 Å². The first-order valence-electron chi connectivity index (χ1n) is 7.50. The summed E-state index contributed by atoms with van der Waals surface area (Å²) in [6.45, 7) is 0.476. The van der Waals surface area contributed by atoms with Crippen molar-refractivity contribution in [3.8, 4) is 11.5 Å². The Kier molecular flexibility index (Phi) is 4.65. The van der Waals surface area contributed by atoms with Crippen LogP contribution in [0.15, 0.2) is 52.7 Å². The third-order valence-corrected chi connectivity index (χ3v) is 3.69. The topological polar surface area (TPSA) is 55.7 Å². The quantitative estimate of drug-likeness (QED) is 0.641. The van der Waals surface area contributed by atoms with E-state index in [2.05, 4.69) is 10.3 Å². The van der Waals surface area contributed by atoms with E-state index in [4.69, 9.17) is 14.3 Å². The van der Waals surface area contributed by atoms with Gasteiger partial charge in [0, 0.05) is 29.8 Å². The highest BCUT2D eigenvalue weighted by Gasteiger charge is 2.18. The van der Waals surface area contributed by atoms with E-state index < -0.39 is 0 Å². The normalized spacial score (nSPS) is 13.0. The van der Waals surface area contributed by atoms with E-state index in [0.29, 0.717) is 23.9 Å². The molecular weight excluding hydrogens is 306 g/mol. The Hall–Kier alpha value is -3.02. The molecule has 0 fully saturated rings. The smallest absolute Gasteiger partial charge is 0.195 e. The second kappa shape index (κ2) is 7.04. The van der Waals surface area contributed by atoms with E-state index >= 15 is 0 Å². The molecule has 0 aromatic heterocycles. The number of hydrazone groups is 1. The van der Waals surface area contributed by atoms with Gasteiger partial charge in [-0.2, -0.15) is 5.10 Å². The van der Waals surface area contributed by atoms with E-state index in [0.717, 1.165) is 16.7 Å². The molecule has 6 heteroatoms. The van der Waals surface area contributed by atoms with E-state index in [1.54, 1.807) is 25.4 Å². The lowest BCUT2D eigenvalue weighted by molar-refractivity contribution is 0.121. The summed E-state index contributed by atoms with van der Waals surface area (Å²) >= 11 is 0. The summed E-state index contributed by atoms with van der Waals surface area (Å²) in [5, 5.41) is 10.3. The average molecular weight is 325 g/mol. The first-order chi connectivity index (χ1) is 11.7. The summed E-state index contributed by atoms with van der Waals surface area (Å²) in [7, 11) is 5.07. The maximum atomic E-state index is 5.29. The minimum Gasteiger partial charge on any atom is -0.497 e. The SMILES string of the molecule is COc1cc(C=NN(C)C2=NOCc3ccccc32)cc(OC)c1. The molecule has 1 aliphatic rings. The molecule has 0 saturated carbocycles. The molecular formula is C18H19N3O3. The van der Waals surface area contributed by atoms with Crippen molar-refractivity contribution < 1.29 is 14.3 Å². The summed E-state index contributed by atoms with van der Waals surface area (Å²) in [5.74, 6) is 2.09. The van der Waals surface area contributed by atoms with Crippen LogP contribution in [0.3, 0.4) is 0 Å². The van der Waals surface area contributed by atoms with Crippen molar-refractivity contribution in [3.63, 3.8) is 0 Å². The number of hydrogen-bond donors (Lipinski definition) is 0. The highest BCUT2D eigenvalue weighted by Crippen LogP contribution is 2.22. The van der Waals surface area contributed by atoms with Gasteiger partial charge in [-0.25, -0.2) is 5.01 Å². The first kappa shape index (κ1) is 15.9. The summed E-state index contributed by atoms with van der Waals surface area (Å²) < 4.78 is 10.5. The summed E-state index contributed by atoms with van der Waals surface area (Å²) in [6, 6.07) is 13.6. The lowest BCUT2D eigenvalue weighted by atomic mass is 10.1. The van der Waals surface area contributed by atoms with Crippen molar-refractivity contribution in [3.05, 3.63) is 59.2 Å². The molecule has 0 saturated heterocycles. The van der Waals surface area contributed by atoms with Gasteiger partial charge in [0.15, 0.2) is 5.84 Å². The molecule has 0 spiro atoms. The molecule has 1 aliphatic heterocycles. The van der Waals surface area contributed by atoms with Gasteiger partial charge in [0.1, 0.15) is 18.1 Å². The Morgan fingerprint density at radius 2 is 1.83 bits per heavy atom. The number of methoxy groups -OCH3 is 2. The van der Waals surface area contributed by atoms with Gasteiger partial charge in [0.25, 0.3) is 0 Å². The van der Waals surface area contributed by atoms with Gasteiger partial charge >= 0.3 is 0 Å². The van der Waals surface area contributed by atoms with Gasteiger partial charge in [-0.1, -0.05) is 29.4 Å². The Labute approximate surface area is 140 Å². The Balaban J connectivity index is 1.83. The standard InChI is InChI=1S/C18H19N3O3/c1-21(18-17-7-5-4-6-14(17)12-24-20-18)19-11-13-8-15(22-2)10-16(9-13)23-3/h4-11H,12H2,1-3H3. The van der Waals surface area contributed by atoms with E-state index in [9.17, 15) is 0 Å². The van der Waals surface area contributed by atoms with Crippen molar-refractivity contribution in [1.82, 2.24) is 5.01 Å². The number of nitrogens with zero attached hydrogens (tertiary/aromatic N) is 3. The highest BCUT2D eigenvalue weighted by atomic mass is 16.6. The number of oxime groups is 1. The maximum absolute atomic E-state index is 5.29. The number of hydrogen-bond acceptors (Lipinski definition) is 6. The second-order valence-corrected chi connectivity index (χ2v) is 5.26. The number of amidine groups is 1. The van der Waals surface area contributed by atoms with Crippen LogP contribution in [0.5, 0.6) is 11.5 Å². The number of ether oxygens (including phenoxy) is 2. The van der Waals surface area contributed by atoms with Gasteiger partial charge in [-0.3, -0.25) is 0 Å². The zero-order valence-corrected chi connectivity index (χ0v) is 13.9. The zero-order chi connectivity index (χ0) is 16.9. The molecule has 0 radical (unpaired) electrons. The highest BCUT2D eigenvalue weighted by molar-refractivity contribution is 6.00. The zero-order valence-electron chi connectivity index (χ0n) is 13.9. The molecule has 124 valence electrons. The van der Waals surface area contributed by atoms with Crippen LogP contribution in [0.25, 0.3) is 0 Å². The first-order valence-corrected chi connectivity index (χ1v) is 7.50. The molecule has 0 aliphatic carbocycles. The molecule has 3 rings (SSSR count). The minimum atomic E-state index is 0.476. The van der Waals surface area contributed by atoms with Gasteiger partial charge in [-0.15, -0.1) is 0 Å². The Bertz CT molecular complexity index is 765. The van der Waals surface area contributed by atoms with E-state index in [1.165, 1.54) is 0 Å². The van der Waals surface area contributed by atoms with Crippen LogP contribution in [0.2, 0.25) is 0 Å². The molecule has 1 heterocycles. The molecule has 24 heavy (non-hydrogen) atoms. The lowest BCUT2D eigenvalue weighted by Crippen LogP contribution is -2.26. The third-order valence-electron chi connectivity index (χ3n) is 3.69. The minimum absolute atomic E-state index is 0.476. The van der Waals surface area contributed by atoms with Gasteiger partial charge in [0.2, 0.25) is 0 Å². The van der Waals surface area contributed by atoms with Gasteiger partial charge in [-0.05, 0) is 12.1 Å². The van der Waals surface area contributed by atoms with Crippen LogP contribution in [0, 0.1) is 0 Å². The molecule has 0 amide bonds. The number of rotatable bonds is 4. The number of fused-ring (bicyclic) bond motifs is 1. The summed E-state index contributed by atoms with van der Waals surface area (Å²) in [6.07, 6.45) is 1.73. The van der Waals surface area contributed by atoms with Crippen molar-refractivity contribution >= 4 is 12.1 Å². The molecule has 0 N–H and O–H groups in total. The molecule has 6 nitrogen and oxygen atoms in total. The fourth-order valence-corrected chi connectivity index (χ4v) is 2.42. The van der Waals surface area contributed by atoms with Crippen LogP contribution in [0.1, 0.15) is 16.7 Å². The van der Waals surface area contributed by atoms with Crippen molar-refractivity contribution in [1.29, 1.82) is 0 Å². The molecule has 0 unspecified atom stereocenters. The van der Waals surface area contributed by atoms with Gasteiger partial charge in [0.05, 0.1) is 20.4 Å². The number of benzene rings is 2. The Morgan fingerprint density at radius 3 is 2.54 bits per heavy atom. The monoisotopic (exact) mass is 325 g/mol. The predicted octanol–water partition coefficient (Wildman–Crippen LogP) is 2.86. The average Bonchev–Trinajstić information content (AvgIpc) is 2.65. The molecule has 2 aromatic carbocycles. The second-order valence-electron chi connectivity index (χ2n) is 5.26. The van der Waals surface area contributed by atoms with Crippen LogP contribution in [0.4, 0.5) is 0 Å². The Morgan fingerprint density at radius 1 is 1.12 bits per heavy atom. The van der Waals surface area contributed by atoms with Crippen LogP contribution >= 0.6 is 0 Å². The van der Waals surface area contributed by atoms with Crippen molar-refractivity contribution in [2.24, 2.45) is 10.3 Å². The predicted molar refractivity (Wildman–Crippen MR) is 92.7 cm³/mol. The molecule has 0 bridgehead atoms. The van der Waals surface area contributed by atoms with Crippen LogP contribution < -0.4 is 9.47 Å². The summed E-state index contributed by atoms with van der Waals surface area (Å²) in [4.78, 5) is 5.29. The third kappa shape index (κ3) is 3.32.